The van der Waals surface area contributed by atoms with Crippen molar-refractivity contribution in [2.45, 2.75) is 64.3 Å². The van der Waals surface area contributed by atoms with Crippen LogP contribution in [0.2, 0.25) is 0 Å². The summed E-state index contributed by atoms with van der Waals surface area (Å²) in [6.45, 7) is 3.17. The van der Waals surface area contributed by atoms with E-state index in [0.717, 1.165) is 49.0 Å². The minimum atomic E-state index is -0.912. The van der Waals surface area contributed by atoms with E-state index in [9.17, 15) is 19.2 Å². The van der Waals surface area contributed by atoms with Gasteiger partial charge in [-0.2, -0.15) is 0 Å². The lowest BCUT2D eigenvalue weighted by Gasteiger charge is -2.36. The molecule has 7 nitrogen and oxygen atoms in total. The number of hydrogen-bond donors (Lipinski definition) is 1. The summed E-state index contributed by atoms with van der Waals surface area (Å²) in [5.74, 6) is -1.44. The maximum Gasteiger partial charge on any atom is 0.326 e. The van der Waals surface area contributed by atoms with Crippen LogP contribution < -0.4 is 5.32 Å². The first-order chi connectivity index (χ1) is 14.4. The van der Waals surface area contributed by atoms with Crippen LogP contribution in [0.1, 0.15) is 68.3 Å². The van der Waals surface area contributed by atoms with E-state index < -0.39 is 30.7 Å². The zero-order chi connectivity index (χ0) is 21.7. The Bertz CT molecular complexity index is 819. The number of ketones is 1. The zero-order valence-corrected chi connectivity index (χ0v) is 17.7. The fourth-order valence-corrected chi connectivity index (χ4v) is 4.28. The van der Waals surface area contributed by atoms with Gasteiger partial charge in [0.1, 0.15) is 12.1 Å². The third-order valence-electron chi connectivity index (χ3n) is 6.25. The monoisotopic (exact) mass is 414 g/mol. The average molecular weight is 415 g/mol. The number of nitrogens with one attached hydrogen (secondary N) is 1. The van der Waals surface area contributed by atoms with Crippen LogP contribution in [0.3, 0.4) is 0 Å². The van der Waals surface area contributed by atoms with Crippen LogP contribution in [0.15, 0.2) is 24.3 Å². The molecular formula is C23H30N2O5. The number of urea groups is 1. The Kier molecular flexibility index (Phi) is 6.90. The van der Waals surface area contributed by atoms with Gasteiger partial charge >= 0.3 is 12.0 Å². The molecule has 0 aromatic heterocycles. The van der Waals surface area contributed by atoms with Crippen molar-refractivity contribution in [2.24, 2.45) is 5.92 Å². The number of amides is 3. The van der Waals surface area contributed by atoms with Crippen molar-refractivity contribution in [3.8, 4) is 0 Å². The molecule has 1 aliphatic heterocycles. The average Bonchev–Trinajstić information content (AvgIpc) is 2.98. The number of imide groups is 1. The second kappa shape index (κ2) is 9.41. The van der Waals surface area contributed by atoms with Gasteiger partial charge in [0, 0.05) is 5.56 Å². The van der Waals surface area contributed by atoms with E-state index in [1.807, 2.05) is 19.1 Å². The van der Waals surface area contributed by atoms with Crippen molar-refractivity contribution in [2.75, 3.05) is 13.2 Å². The van der Waals surface area contributed by atoms with Gasteiger partial charge in [-0.05, 0) is 37.2 Å². The Hall–Kier alpha value is -2.70. The number of carbonyl (C=O) groups is 4. The maximum absolute atomic E-state index is 12.9. The first-order valence-corrected chi connectivity index (χ1v) is 10.8. The molecule has 1 aromatic rings. The van der Waals surface area contributed by atoms with Gasteiger partial charge in [-0.15, -0.1) is 0 Å². The van der Waals surface area contributed by atoms with Gasteiger partial charge in [-0.25, -0.2) is 4.79 Å². The van der Waals surface area contributed by atoms with Crippen LogP contribution in [0.4, 0.5) is 4.79 Å². The van der Waals surface area contributed by atoms with Gasteiger partial charge in [0.25, 0.3) is 5.91 Å². The number of Topliss-reactive ketones (excluding diaryl/α,β-unsaturated/α-hetero) is 1. The number of hydrogen-bond acceptors (Lipinski definition) is 5. The minimum Gasteiger partial charge on any atom is -0.456 e. The number of rotatable bonds is 8. The minimum absolute atomic E-state index is 0.0191. The van der Waals surface area contributed by atoms with Gasteiger partial charge < -0.3 is 10.1 Å². The lowest BCUT2D eigenvalue weighted by molar-refractivity contribution is -0.147. The van der Waals surface area contributed by atoms with E-state index >= 15 is 0 Å². The number of esters is 1. The third-order valence-corrected chi connectivity index (χ3v) is 6.25. The van der Waals surface area contributed by atoms with Crippen molar-refractivity contribution in [1.82, 2.24) is 10.2 Å². The molecule has 2 aliphatic rings. The molecule has 2 fully saturated rings. The number of nitrogens with zero attached hydrogens (tertiary/aromatic N) is 1. The second-order valence-electron chi connectivity index (χ2n) is 8.32. The van der Waals surface area contributed by atoms with Gasteiger partial charge in [0.05, 0.1) is 0 Å². The molecule has 1 N–H and O–H groups in total. The van der Waals surface area contributed by atoms with E-state index in [1.165, 1.54) is 0 Å². The van der Waals surface area contributed by atoms with Crippen LogP contribution in [0.5, 0.6) is 0 Å². The lowest BCUT2D eigenvalue weighted by atomic mass is 9.73. The van der Waals surface area contributed by atoms with Crippen LogP contribution in [-0.2, 0) is 20.7 Å². The highest BCUT2D eigenvalue weighted by atomic mass is 16.5. The normalized spacial score (nSPS) is 23.5. The quantitative estimate of drug-likeness (QED) is 0.400. The van der Waals surface area contributed by atoms with Crippen molar-refractivity contribution in [1.29, 1.82) is 0 Å². The first-order valence-electron chi connectivity index (χ1n) is 10.8. The molecule has 0 bridgehead atoms. The molecule has 3 amide bonds. The van der Waals surface area contributed by atoms with E-state index in [-0.39, 0.29) is 17.6 Å². The summed E-state index contributed by atoms with van der Waals surface area (Å²) in [6.07, 6.45) is 6.48. The van der Waals surface area contributed by atoms with Crippen LogP contribution >= 0.6 is 0 Å². The molecule has 1 saturated heterocycles. The second-order valence-corrected chi connectivity index (χ2v) is 8.32. The SMILES string of the molecule is CCCCc1ccc(C(=O)COC(=O)CN2C(=O)N[C@@]3(CCCC[C@@H]3C)C2=O)cc1. The Morgan fingerprint density at radius 3 is 2.60 bits per heavy atom. The molecule has 3 rings (SSSR count). The summed E-state index contributed by atoms with van der Waals surface area (Å²) in [4.78, 5) is 50.6. The van der Waals surface area contributed by atoms with Gasteiger partial charge in [-0.1, -0.05) is 57.4 Å². The molecule has 7 heteroatoms. The molecule has 30 heavy (non-hydrogen) atoms. The summed E-state index contributed by atoms with van der Waals surface area (Å²) in [5, 5.41) is 2.80. The van der Waals surface area contributed by atoms with Gasteiger partial charge in [0.15, 0.2) is 12.4 Å². The van der Waals surface area contributed by atoms with Crippen LogP contribution in [0.25, 0.3) is 0 Å². The highest BCUT2D eigenvalue weighted by Crippen LogP contribution is 2.38. The summed E-state index contributed by atoms with van der Waals surface area (Å²) in [5.41, 5.74) is 0.716. The zero-order valence-electron chi connectivity index (χ0n) is 17.7. The number of carbonyl (C=O) groups excluding carboxylic acids is 4. The Labute approximate surface area is 177 Å². The fraction of sp³-hybridized carbons (Fsp3) is 0.565. The van der Waals surface area contributed by atoms with E-state index in [1.54, 1.807) is 12.1 Å². The number of unbranched alkanes of at least 4 members (excludes halogenated alkanes) is 1. The molecular weight excluding hydrogens is 384 g/mol. The Balaban J connectivity index is 1.52. The maximum atomic E-state index is 12.9. The molecule has 1 aliphatic carbocycles. The first kappa shape index (κ1) is 22.0. The predicted octanol–water partition coefficient (Wildman–Crippen LogP) is 3.26. The largest absolute Gasteiger partial charge is 0.456 e. The van der Waals surface area contributed by atoms with E-state index in [4.69, 9.17) is 4.74 Å². The topological polar surface area (TPSA) is 92.8 Å². The number of aryl methyl sites for hydroxylation is 1. The number of ether oxygens (including phenoxy) is 1. The molecule has 1 heterocycles. The highest BCUT2D eigenvalue weighted by Gasteiger charge is 2.55. The van der Waals surface area contributed by atoms with Crippen molar-refractivity contribution in [3.63, 3.8) is 0 Å². The molecule has 2 atom stereocenters. The Morgan fingerprint density at radius 2 is 1.93 bits per heavy atom. The smallest absolute Gasteiger partial charge is 0.326 e. The standard InChI is InChI=1S/C23H30N2O5/c1-3-4-8-17-9-11-18(12-10-17)19(26)15-30-20(27)14-25-21(28)23(24-22(25)29)13-6-5-7-16(23)2/h9-12,16H,3-8,13-15H2,1-2H3,(H,24,29)/t16-,23+/m0/s1. The predicted molar refractivity (Wildman–Crippen MR) is 111 cm³/mol. The molecule has 1 spiro atoms. The fourth-order valence-electron chi connectivity index (χ4n) is 4.28. The van der Waals surface area contributed by atoms with Crippen LogP contribution in [-0.4, -0.2) is 47.3 Å². The van der Waals surface area contributed by atoms with Crippen LogP contribution in [0, 0.1) is 5.92 Å². The number of benzene rings is 1. The van der Waals surface area contributed by atoms with E-state index in [0.29, 0.717) is 12.0 Å². The van der Waals surface area contributed by atoms with E-state index in [2.05, 4.69) is 12.2 Å². The van der Waals surface area contributed by atoms with Crippen molar-refractivity contribution in [3.05, 3.63) is 35.4 Å². The van der Waals surface area contributed by atoms with Gasteiger partial charge in [-0.3, -0.25) is 19.3 Å². The lowest BCUT2D eigenvalue weighted by Crippen LogP contribution is -2.54. The highest BCUT2D eigenvalue weighted by molar-refractivity contribution is 6.09. The summed E-state index contributed by atoms with van der Waals surface area (Å²) < 4.78 is 5.05. The molecule has 1 saturated carbocycles. The molecule has 1 aromatic carbocycles. The van der Waals surface area contributed by atoms with Crippen molar-refractivity contribution >= 4 is 23.7 Å². The molecule has 0 radical (unpaired) electrons. The summed E-state index contributed by atoms with van der Waals surface area (Å²) in [7, 11) is 0. The third kappa shape index (κ3) is 4.55. The summed E-state index contributed by atoms with van der Waals surface area (Å²) in [6, 6.07) is 6.70. The Morgan fingerprint density at radius 1 is 1.20 bits per heavy atom. The molecule has 0 unspecified atom stereocenters. The van der Waals surface area contributed by atoms with Crippen molar-refractivity contribution < 1.29 is 23.9 Å². The molecule has 162 valence electrons. The summed E-state index contributed by atoms with van der Waals surface area (Å²) >= 11 is 0. The van der Waals surface area contributed by atoms with Gasteiger partial charge in [0.2, 0.25) is 0 Å².